The largest absolute Gasteiger partial charge is 0.311 e. The van der Waals surface area contributed by atoms with Gasteiger partial charge in [0.2, 0.25) is 0 Å². The third-order valence-corrected chi connectivity index (χ3v) is 3.06. The van der Waals surface area contributed by atoms with Gasteiger partial charge < -0.3 is 5.32 Å². The van der Waals surface area contributed by atoms with Crippen LogP contribution in [0.25, 0.3) is 6.08 Å². The van der Waals surface area contributed by atoms with Crippen LogP contribution in [0.15, 0.2) is 18.2 Å². The summed E-state index contributed by atoms with van der Waals surface area (Å²) in [7, 11) is 0. The van der Waals surface area contributed by atoms with E-state index in [1.165, 1.54) is 11.3 Å². The molecule has 0 spiro atoms. The van der Waals surface area contributed by atoms with Crippen LogP contribution in [0.2, 0.25) is 4.34 Å². The first-order valence-corrected chi connectivity index (χ1v) is 6.08. The molecule has 0 amide bonds. The smallest absolute Gasteiger partial charge is 0.0934 e. The van der Waals surface area contributed by atoms with E-state index in [0.717, 1.165) is 10.9 Å². The predicted molar refractivity (Wildman–Crippen MR) is 66.1 cm³/mol. The standard InChI is InChI=1S/C11H16ClNS/c1-3-8-13-9(2)4-5-10-6-7-11(12)14-10/h4-7,9,13H,3,8H2,1-2H3/b5-4+. The van der Waals surface area contributed by atoms with E-state index in [2.05, 4.69) is 31.3 Å². The number of hydrogen-bond donors (Lipinski definition) is 1. The van der Waals surface area contributed by atoms with Gasteiger partial charge in [-0.05, 0) is 38.1 Å². The molecule has 1 N–H and O–H groups in total. The fourth-order valence-corrected chi connectivity index (χ4v) is 2.07. The normalized spacial score (nSPS) is 13.6. The summed E-state index contributed by atoms with van der Waals surface area (Å²) in [6.45, 7) is 5.39. The SMILES string of the molecule is CCCNC(C)/C=C/c1ccc(Cl)s1. The van der Waals surface area contributed by atoms with Crippen LogP contribution < -0.4 is 5.32 Å². The van der Waals surface area contributed by atoms with Crippen molar-refractivity contribution in [2.75, 3.05) is 6.54 Å². The fraction of sp³-hybridized carbons (Fsp3) is 0.455. The first kappa shape index (κ1) is 11.8. The van der Waals surface area contributed by atoms with Crippen molar-refractivity contribution in [1.82, 2.24) is 5.32 Å². The Morgan fingerprint density at radius 3 is 2.93 bits per heavy atom. The van der Waals surface area contributed by atoms with E-state index in [4.69, 9.17) is 11.6 Å². The highest BCUT2D eigenvalue weighted by atomic mass is 35.5. The third kappa shape index (κ3) is 4.27. The summed E-state index contributed by atoms with van der Waals surface area (Å²) >= 11 is 7.43. The molecule has 1 aromatic heterocycles. The molecule has 0 fully saturated rings. The van der Waals surface area contributed by atoms with E-state index >= 15 is 0 Å². The van der Waals surface area contributed by atoms with Gasteiger partial charge in [0.05, 0.1) is 4.34 Å². The number of rotatable bonds is 5. The van der Waals surface area contributed by atoms with Crippen molar-refractivity contribution in [2.24, 2.45) is 0 Å². The summed E-state index contributed by atoms with van der Waals surface area (Å²) in [4.78, 5) is 1.21. The maximum Gasteiger partial charge on any atom is 0.0934 e. The lowest BCUT2D eigenvalue weighted by Crippen LogP contribution is -2.24. The zero-order valence-corrected chi connectivity index (χ0v) is 10.2. The highest BCUT2D eigenvalue weighted by Crippen LogP contribution is 2.22. The molecule has 1 atom stereocenters. The van der Waals surface area contributed by atoms with Crippen molar-refractivity contribution in [3.05, 3.63) is 27.4 Å². The molecule has 3 heteroatoms. The van der Waals surface area contributed by atoms with E-state index in [0.29, 0.717) is 6.04 Å². The van der Waals surface area contributed by atoms with Gasteiger partial charge in [-0.3, -0.25) is 0 Å². The van der Waals surface area contributed by atoms with Crippen LogP contribution in [0, 0.1) is 0 Å². The molecule has 0 saturated carbocycles. The van der Waals surface area contributed by atoms with Crippen LogP contribution >= 0.6 is 22.9 Å². The molecule has 1 heterocycles. The Labute approximate surface area is 94.8 Å². The van der Waals surface area contributed by atoms with Crippen LogP contribution in [-0.2, 0) is 0 Å². The average Bonchev–Trinajstić information content (AvgIpc) is 2.58. The van der Waals surface area contributed by atoms with Gasteiger partial charge >= 0.3 is 0 Å². The maximum atomic E-state index is 5.83. The van der Waals surface area contributed by atoms with Gasteiger partial charge in [0.1, 0.15) is 0 Å². The minimum absolute atomic E-state index is 0.427. The third-order valence-electron chi connectivity index (χ3n) is 1.86. The molecule has 1 aromatic rings. The van der Waals surface area contributed by atoms with Crippen molar-refractivity contribution >= 4 is 29.0 Å². The Hall–Kier alpha value is -0.310. The summed E-state index contributed by atoms with van der Waals surface area (Å²) in [6, 6.07) is 4.39. The molecule has 0 aliphatic rings. The number of thiophene rings is 1. The van der Waals surface area contributed by atoms with Gasteiger partial charge in [-0.1, -0.05) is 24.6 Å². The summed E-state index contributed by atoms with van der Waals surface area (Å²) < 4.78 is 0.846. The predicted octanol–water partition coefficient (Wildman–Crippen LogP) is 3.80. The summed E-state index contributed by atoms with van der Waals surface area (Å²) in [5, 5.41) is 3.39. The lowest BCUT2D eigenvalue weighted by Gasteiger charge is -2.06. The Bertz CT molecular complexity index is 293. The molecular weight excluding hydrogens is 214 g/mol. The second kappa shape index (κ2) is 6.23. The molecule has 1 rings (SSSR count). The van der Waals surface area contributed by atoms with Crippen LogP contribution in [0.1, 0.15) is 25.1 Å². The van der Waals surface area contributed by atoms with E-state index in [1.54, 1.807) is 11.3 Å². The van der Waals surface area contributed by atoms with Crippen LogP contribution in [-0.4, -0.2) is 12.6 Å². The van der Waals surface area contributed by atoms with Crippen LogP contribution in [0.3, 0.4) is 0 Å². The van der Waals surface area contributed by atoms with Gasteiger partial charge in [-0.15, -0.1) is 11.3 Å². The number of hydrogen-bond acceptors (Lipinski definition) is 2. The van der Waals surface area contributed by atoms with E-state index in [1.807, 2.05) is 12.1 Å². The second-order valence-corrected chi connectivity index (χ2v) is 4.99. The lowest BCUT2D eigenvalue weighted by atomic mass is 10.3. The Kier molecular flexibility index (Phi) is 5.23. The lowest BCUT2D eigenvalue weighted by molar-refractivity contribution is 0.625. The topological polar surface area (TPSA) is 12.0 Å². The Morgan fingerprint density at radius 1 is 1.57 bits per heavy atom. The maximum absolute atomic E-state index is 5.83. The van der Waals surface area contributed by atoms with Crippen LogP contribution in [0.5, 0.6) is 0 Å². The number of halogens is 1. The highest BCUT2D eigenvalue weighted by molar-refractivity contribution is 7.16. The van der Waals surface area contributed by atoms with Crippen molar-refractivity contribution in [2.45, 2.75) is 26.3 Å². The van der Waals surface area contributed by atoms with Gasteiger partial charge in [0, 0.05) is 10.9 Å². The minimum atomic E-state index is 0.427. The summed E-state index contributed by atoms with van der Waals surface area (Å²) in [6.07, 6.45) is 5.45. The summed E-state index contributed by atoms with van der Waals surface area (Å²) in [5.41, 5.74) is 0. The Balaban J connectivity index is 2.39. The molecular formula is C11H16ClNS. The highest BCUT2D eigenvalue weighted by Gasteiger charge is 1.95. The molecule has 14 heavy (non-hydrogen) atoms. The zero-order valence-electron chi connectivity index (χ0n) is 8.59. The monoisotopic (exact) mass is 229 g/mol. The second-order valence-electron chi connectivity index (χ2n) is 3.24. The molecule has 0 radical (unpaired) electrons. The molecule has 0 saturated heterocycles. The van der Waals surface area contributed by atoms with Crippen molar-refractivity contribution in [1.29, 1.82) is 0 Å². The first-order valence-electron chi connectivity index (χ1n) is 4.89. The molecule has 0 aliphatic carbocycles. The average molecular weight is 230 g/mol. The molecule has 1 nitrogen and oxygen atoms in total. The van der Waals surface area contributed by atoms with Crippen molar-refractivity contribution in [3.63, 3.8) is 0 Å². The number of nitrogens with one attached hydrogen (secondary N) is 1. The fourth-order valence-electron chi connectivity index (χ4n) is 1.10. The van der Waals surface area contributed by atoms with Gasteiger partial charge in [0.25, 0.3) is 0 Å². The summed E-state index contributed by atoms with van der Waals surface area (Å²) in [5.74, 6) is 0. The van der Waals surface area contributed by atoms with E-state index in [9.17, 15) is 0 Å². The molecule has 0 aliphatic heterocycles. The van der Waals surface area contributed by atoms with Gasteiger partial charge in [-0.25, -0.2) is 0 Å². The first-order chi connectivity index (χ1) is 6.72. The zero-order chi connectivity index (χ0) is 10.4. The Morgan fingerprint density at radius 2 is 2.36 bits per heavy atom. The molecule has 0 aromatic carbocycles. The quantitative estimate of drug-likeness (QED) is 0.810. The van der Waals surface area contributed by atoms with Gasteiger partial charge in [-0.2, -0.15) is 0 Å². The van der Waals surface area contributed by atoms with Gasteiger partial charge in [0.15, 0.2) is 0 Å². The van der Waals surface area contributed by atoms with Crippen LogP contribution in [0.4, 0.5) is 0 Å². The van der Waals surface area contributed by atoms with Crippen molar-refractivity contribution in [3.8, 4) is 0 Å². The van der Waals surface area contributed by atoms with E-state index < -0.39 is 0 Å². The molecule has 1 unspecified atom stereocenters. The molecule has 0 bridgehead atoms. The van der Waals surface area contributed by atoms with Crippen molar-refractivity contribution < 1.29 is 0 Å². The minimum Gasteiger partial charge on any atom is -0.311 e. The van der Waals surface area contributed by atoms with E-state index in [-0.39, 0.29) is 0 Å². The molecule has 78 valence electrons.